The highest BCUT2D eigenvalue weighted by Gasteiger charge is 2.19. The molecule has 0 unspecified atom stereocenters. The van der Waals surface area contributed by atoms with Crippen LogP contribution in [0.15, 0.2) is 18.2 Å². The van der Waals surface area contributed by atoms with Gasteiger partial charge in [-0.05, 0) is 36.0 Å². The van der Waals surface area contributed by atoms with Crippen LogP contribution in [0.2, 0.25) is 0 Å². The van der Waals surface area contributed by atoms with E-state index in [0.29, 0.717) is 29.0 Å². The molecule has 4 nitrogen and oxygen atoms in total. The number of carbonyl (C=O) groups excluding carboxylic acids is 1. The van der Waals surface area contributed by atoms with E-state index in [2.05, 4.69) is 33.0 Å². The Morgan fingerprint density at radius 1 is 1.25 bits per heavy atom. The van der Waals surface area contributed by atoms with E-state index < -0.39 is 0 Å². The summed E-state index contributed by atoms with van der Waals surface area (Å²) in [5.41, 5.74) is 7.55. The molecular weight excluding hydrogens is 252 g/mol. The molecule has 0 bridgehead atoms. The number of esters is 1. The summed E-state index contributed by atoms with van der Waals surface area (Å²) in [6, 6.07) is 5.27. The number of rotatable bonds is 6. The van der Waals surface area contributed by atoms with Crippen molar-refractivity contribution in [2.75, 3.05) is 24.7 Å². The number of nitrogen functional groups attached to an aromatic ring is 1. The van der Waals surface area contributed by atoms with Crippen molar-refractivity contribution in [2.24, 2.45) is 17.8 Å². The van der Waals surface area contributed by atoms with Crippen LogP contribution in [-0.2, 0) is 4.74 Å². The van der Waals surface area contributed by atoms with Gasteiger partial charge in [0.1, 0.15) is 0 Å². The normalized spacial score (nSPS) is 11.2. The number of benzene rings is 1. The molecule has 0 saturated carbocycles. The van der Waals surface area contributed by atoms with Gasteiger partial charge in [0.25, 0.3) is 0 Å². The van der Waals surface area contributed by atoms with Crippen molar-refractivity contribution in [2.45, 2.75) is 27.7 Å². The van der Waals surface area contributed by atoms with Gasteiger partial charge in [0, 0.05) is 17.9 Å². The Morgan fingerprint density at radius 3 is 2.35 bits per heavy atom. The molecule has 4 heteroatoms. The largest absolute Gasteiger partial charge is 0.465 e. The number of hydrogen-bond donors (Lipinski definition) is 2. The third-order valence-electron chi connectivity index (χ3n) is 3.69. The van der Waals surface area contributed by atoms with Crippen molar-refractivity contribution < 1.29 is 9.53 Å². The average molecular weight is 278 g/mol. The van der Waals surface area contributed by atoms with Crippen molar-refractivity contribution in [1.29, 1.82) is 0 Å². The molecular formula is C16H26N2O2. The summed E-state index contributed by atoms with van der Waals surface area (Å²) in [4.78, 5) is 11.8. The average Bonchev–Trinajstić information content (AvgIpc) is 2.38. The van der Waals surface area contributed by atoms with Crippen molar-refractivity contribution in [1.82, 2.24) is 0 Å². The Bertz CT molecular complexity index is 448. The fourth-order valence-corrected chi connectivity index (χ4v) is 2.46. The van der Waals surface area contributed by atoms with Gasteiger partial charge in [-0.3, -0.25) is 0 Å². The molecule has 0 heterocycles. The SMILES string of the molecule is COC(=O)c1cc(N)ccc1NCC(C(C)C)C(C)C. The number of hydrogen-bond acceptors (Lipinski definition) is 4. The first kappa shape index (κ1) is 16.3. The van der Waals surface area contributed by atoms with Gasteiger partial charge >= 0.3 is 5.97 Å². The summed E-state index contributed by atoms with van der Waals surface area (Å²) < 4.78 is 4.80. The quantitative estimate of drug-likeness (QED) is 0.618. The van der Waals surface area contributed by atoms with Gasteiger partial charge in [0.15, 0.2) is 0 Å². The molecule has 1 rings (SSSR count). The number of methoxy groups -OCH3 is 1. The lowest BCUT2D eigenvalue weighted by Gasteiger charge is -2.26. The number of nitrogens with two attached hydrogens (primary N) is 1. The third-order valence-corrected chi connectivity index (χ3v) is 3.69. The maximum absolute atomic E-state index is 11.8. The fraction of sp³-hybridized carbons (Fsp3) is 0.562. The van der Waals surface area contributed by atoms with Gasteiger partial charge in [-0.1, -0.05) is 27.7 Å². The molecule has 1 aromatic carbocycles. The van der Waals surface area contributed by atoms with E-state index in [0.717, 1.165) is 12.2 Å². The van der Waals surface area contributed by atoms with E-state index in [4.69, 9.17) is 10.5 Å². The minimum Gasteiger partial charge on any atom is -0.465 e. The molecule has 1 aromatic rings. The van der Waals surface area contributed by atoms with Crippen LogP contribution in [0.3, 0.4) is 0 Å². The van der Waals surface area contributed by atoms with Crippen LogP contribution >= 0.6 is 0 Å². The molecule has 20 heavy (non-hydrogen) atoms. The van der Waals surface area contributed by atoms with Crippen molar-refractivity contribution in [3.63, 3.8) is 0 Å². The van der Waals surface area contributed by atoms with Gasteiger partial charge in [0.05, 0.1) is 12.7 Å². The Hall–Kier alpha value is -1.71. The zero-order valence-electron chi connectivity index (χ0n) is 13.1. The monoisotopic (exact) mass is 278 g/mol. The van der Waals surface area contributed by atoms with E-state index in [9.17, 15) is 4.79 Å². The van der Waals surface area contributed by atoms with Crippen LogP contribution in [0.4, 0.5) is 11.4 Å². The van der Waals surface area contributed by atoms with Gasteiger partial charge in [-0.15, -0.1) is 0 Å². The molecule has 0 amide bonds. The van der Waals surface area contributed by atoms with Crippen molar-refractivity contribution >= 4 is 17.3 Å². The second-order valence-corrected chi connectivity index (χ2v) is 5.83. The Labute approximate surface area is 121 Å². The standard InChI is InChI=1S/C16H26N2O2/c1-10(2)14(11(3)4)9-18-15-7-6-12(17)8-13(15)16(19)20-5/h6-8,10-11,14,18H,9,17H2,1-5H3. The highest BCUT2D eigenvalue weighted by atomic mass is 16.5. The Balaban J connectivity index is 2.89. The van der Waals surface area contributed by atoms with Crippen LogP contribution in [-0.4, -0.2) is 19.6 Å². The minimum atomic E-state index is -0.370. The maximum Gasteiger partial charge on any atom is 0.340 e. The van der Waals surface area contributed by atoms with E-state index in [1.165, 1.54) is 7.11 Å². The van der Waals surface area contributed by atoms with Gasteiger partial charge in [-0.25, -0.2) is 4.79 Å². The van der Waals surface area contributed by atoms with E-state index in [-0.39, 0.29) is 5.97 Å². The zero-order valence-corrected chi connectivity index (χ0v) is 13.1. The fourth-order valence-electron chi connectivity index (χ4n) is 2.46. The third kappa shape index (κ3) is 4.15. The summed E-state index contributed by atoms with van der Waals surface area (Å²) in [6.45, 7) is 9.70. The molecule has 0 aromatic heterocycles. The number of carbonyl (C=O) groups is 1. The van der Waals surface area contributed by atoms with Crippen molar-refractivity contribution in [3.05, 3.63) is 23.8 Å². The van der Waals surface area contributed by atoms with Gasteiger partial charge < -0.3 is 15.8 Å². The van der Waals surface area contributed by atoms with Crippen LogP contribution in [0, 0.1) is 17.8 Å². The molecule has 3 N–H and O–H groups in total. The smallest absolute Gasteiger partial charge is 0.340 e. The summed E-state index contributed by atoms with van der Waals surface area (Å²) in [6.07, 6.45) is 0. The molecule has 0 radical (unpaired) electrons. The second kappa shape index (κ2) is 7.17. The minimum absolute atomic E-state index is 0.370. The van der Waals surface area contributed by atoms with Crippen molar-refractivity contribution in [3.8, 4) is 0 Å². The number of anilines is 2. The maximum atomic E-state index is 11.8. The van der Waals surface area contributed by atoms with Crippen LogP contribution in [0.25, 0.3) is 0 Å². The molecule has 0 aliphatic rings. The van der Waals surface area contributed by atoms with Gasteiger partial charge in [0.2, 0.25) is 0 Å². The van der Waals surface area contributed by atoms with Crippen LogP contribution in [0.1, 0.15) is 38.1 Å². The number of nitrogens with one attached hydrogen (secondary N) is 1. The lowest BCUT2D eigenvalue weighted by Crippen LogP contribution is -2.25. The van der Waals surface area contributed by atoms with Gasteiger partial charge in [-0.2, -0.15) is 0 Å². The molecule has 0 atom stereocenters. The highest BCUT2D eigenvalue weighted by molar-refractivity contribution is 5.96. The topological polar surface area (TPSA) is 64.3 Å². The molecule has 0 saturated heterocycles. The summed E-state index contributed by atoms with van der Waals surface area (Å²) >= 11 is 0. The highest BCUT2D eigenvalue weighted by Crippen LogP contribution is 2.24. The Kier molecular flexibility index (Phi) is 5.86. The molecule has 0 aliphatic heterocycles. The Morgan fingerprint density at radius 2 is 1.85 bits per heavy atom. The van der Waals surface area contributed by atoms with Crippen LogP contribution in [0.5, 0.6) is 0 Å². The first-order valence-corrected chi connectivity index (χ1v) is 7.08. The number of ether oxygens (including phenoxy) is 1. The predicted molar refractivity (Wildman–Crippen MR) is 83.8 cm³/mol. The summed E-state index contributed by atoms with van der Waals surface area (Å²) in [5, 5.41) is 3.36. The zero-order chi connectivity index (χ0) is 15.3. The van der Waals surface area contributed by atoms with E-state index in [1.807, 2.05) is 6.07 Å². The summed E-state index contributed by atoms with van der Waals surface area (Å²) in [5.74, 6) is 1.33. The first-order valence-electron chi connectivity index (χ1n) is 7.08. The lowest BCUT2D eigenvalue weighted by atomic mass is 9.85. The molecule has 0 spiro atoms. The lowest BCUT2D eigenvalue weighted by molar-refractivity contribution is 0.0602. The van der Waals surface area contributed by atoms with Crippen LogP contribution < -0.4 is 11.1 Å². The summed E-state index contributed by atoms with van der Waals surface area (Å²) in [7, 11) is 1.38. The predicted octanol–water partition coefficient (Wildman–Crippen LogP) is 3.40. The molecule has 0 aliphatic carbocycles. The molecule has 0 fully saturated rings. The van der Waals surface area contributed by atoms with E-state index in [1.54, 1.807) is 12.1 Å². The first-order chi connectivity index (χ1) is 9.36. The van der Waals surface area contributed by atoms with E-state index >= 15 is 0 Å². The molecule has 112 valence electrons. The second-order valence-electron chi connectivity index (χ2n) is 5.83.